The Kier molecular flexibility index (Phi) is 5.98. The number of hydrogen-bond acceptors (Lipinski definition) is 5. The van der Waals surface area contributed by atoms with Gasteiger partial charge in [-0.25, -0.2) is 0 Å². The maximum absolute atomic E-state index is 11.7. The molecule has 1 unspecified atom stereocenters. The van der Waals surface area contributed by atoms with Crippen LogP contribution >= 0.6 is 0 Å². The van der Waals surface area contributed by atoms with Gasteiger partial charge in [0.2, 0.25) is 0 Å². The molecule has 20 heavy (non-hydrogen) atoms. The van der Waals surface area contributed by atoms with Crippen LogP contribution in [0, 0.1) is 0 Å². The van der Waals surface area contributed by atoms with Crippen molar-refractivity contribution in [3.05, 3.63) is 29.8 Å². The number of carbonyl (C=O) groups is 1. The topological polar surface area (TPSA) is 81.8 Å². The molecule has 0 saturated carbocycles. The summed E-state index contributed by atoms with van der Waals surface area (Å²) in [6, 6.07) is 7.11. The van der Waals surface area contributed by atoms with Gasteiger partial charge >= 0.3 is 5.97 Å². The van der Waals surface area contributed by atoms with E-state index >= 15 is 0 Å². The third kappa shape index (κ3) is 6.54. The van der Waals surface area contributed by atoms with Crippen molar-refractivity contribution in [2.75, 3.05) is 13.2 Å². The van der Waals surface area contributed by atoms with Gasteiger partial charge in [-0.15, -0.1) is 0 Å². The molecule has 5 heteroatoms. The first-order valence-electron chi connectivity index (χ1n) is 6.62. The molecule has 1 atom stereocenters. The number of benzene rings is 1. The van der Waals surface area contributed by atoms with Crippen molar-refractivity contribution < 1.29 is 19.4 Å². The average Bonchev–Trinajstić information content (AvgIpc) is 2.35. The van der Waals surface area contributed by atoms with E-state index in [1.54, 1.807) is 24.3 Å². The van der Waals surface area contributed by atoms with Crippen molar-refractivity contribution in [3.8, 4) is 5.75 Å². The zero-order chi connectivity index (χ0) is 15.2. The number of hydrogen-bond donors (Lipinski definition) is 2. The second-order valence-electron chi connectivity index (χ2n) is 5.61. The minimum atomic E-state index is -0.670. The zero-order valence-corrected chi connectivity index (χ0v) is 12.3. The lowest BCUT2D eigenvalue weighted by molar-refractivity contribution is -0.153. The third-order valence-electron chi connectivity index (χ3n) is 2.41. The van der Waals surface area contributed by atoms with Gasteiger partial charge < -0.3 is 20.3 Å². The number of nitrogens with two attached hydrogens (primary N) is 1. The molecule has 5 nitrogen and oxygen atoms in total. The molecule has 0 radical (unpaired) electrons. The maximum atomic E-state index is 11.7. The molecule has 1 aromatic rings. The highest BCUT2D eigenvalue weighted by Crippen LogP contribution is 2.14. The third-order valence-corrected chi connectivity index (χ3v) is 2.41. The van der Waals surface area contributed by atoms with Crippen LogP contribution in [-0.2, 0) is 16.0 Å². The van der Waals surface area contributed by atoms with E-state index in [1.165, 1.54) is 0 Å². The van der Waals surface area contributed by atoms with E-state index in [-0.39, 0.29) is 25.5 Å². The van der Waals surface area contributed by atoms with Gasteiger partial charge in [0.05, 0.1) is 6.42 Å². The lowest BCUT2D eigenvalue weighted by atomic mass is 10.1. The van der Waals surface area contributed by atoms with Gasteiger partial charge in [0.25, 0.3) is 0 Å². The predicted molar refractivity (Wildman–Crippen MR) is 76.5 cm³/mol. The van der Waals surface area contributed by atoms with Crippen LogP contribution in [0.5, 0.6) is 5.75 Å². The van der Waals surface area contributed by atoms with Crippen LogP contribution in [0.3, 0.4) is 0 Å². The molecular weight excluding hydrogens is 258 g/mol. The average molecular weight is 281 g/mol. The number of carbonyl (C=O) groups excluding carboxylic acids is 1. The molecule has 0 bridgehead atoms. The summed E-state index contributed by atoms with van der Waals surface area (Å²) in [4.78, 5) is 11.7. The van der Waals surface area contributed by atoms with Gasteiger partial charge in [0.15, 0.2) is 0 Å². The van der Waals surface area contributed by atoms with Crippen molar-refractivity contribution in [1.82, 2.24) is 0 Å². The lowest BCUT2D eigenvalue weighted by Crippen LogP contribution is -2.26. The first kappa shape index (κ1) is 16.5. The van der Waals surface area contributed by atoms with Crippen molar-refractivity contribution in [2.45, 2.75) is 38.9 Å². The maximum Gasteiger partial charge on any atom is 0.310 e. The minimum absolute atomic E-state index is 0.155. The van der Waals surface area contributed by atoms with Crippen LogP contribution in [-0.4, -0.2) is 35.9 Å². The Morgan fingerprint density at radius 2 is 1.90 bits per heavy atom. The van der Waals surface area contributed by atoms with E-state index in [0.717, 1.165) is 5.56 Å². The number of aliphatic hydroxyl groups excluding tert-OH is 1. The van der Waals surface area contributed by atoms with E-state index in [4.69, 9.17) is 15.2 Å². The summed E-state index contributed by atoms with van der Waals surface area (Å²) in [5, 5.41) is 9.29. The number of rotatable bonds is 6. The summed E-state index contributed by atoms with van der Waals surface area (Å²) in [7, 11) is 0. The molecule has 3 N–H and O–H groups in total. The molecule has 0 aliphatic carbocycles. The molecule has 0 heterocycles. The van der Waals surface area contributed by atoms with Crippen molar-refractivity contribution >= 4 is 5.97 Å². The Balaban J connectivity index is 2.48. The molecule has 1 aromatic carbocycles. The Bertz CT molecular complexity index is 422. The first-order valence-corrected chi connectivity index (χ1v) is 6.62. The molecule has 0 spiro atoms. The standard InChI is InChI=1S/C15H23NO4/c1-15(2,3)20-14(18)8-11-4-6-13(7-5-11)19-10-12(17)9-16/h4-7,12,17H,8-10,16H2,1-3H3. The van der Waals surface area contributed by atoms with E-state index < -0.39 is 11.7 Å². The lowest BCUT2D eigenvalue weighted by Gasteiger charge is -2.19. The zero-order valence-electron chi connectivity index (χ0n) is 12.3. The van der Waals surface area contributed by atoms with Crippen LogP contribution in [0.4, 0.5) is 0 Å². The summed E-state index contributed by atoms with van der Waals surface area (Å²) in [5.74, 6) is 0.371. The highest BCUT2D eigenvalue weighted by atomic mass is 16.6. The fourth-order valence-electron chi connectivity index (χ4n) is 1.51. The number of ether oxygens (including phenoxy) is 2. The van der Waals surface area contributed by atoms with Gasteiger partial charge in [-0.05, 0) is 38.5 Å². The van der Waals surface area contributed by atoms with Crippen LogP contribution in [0.1, 0.15) is 26.3 Å². The Hall–Kier alpha value is -1.59. The molecule has 0 aliphatic rings. The largest absolute Gasteiger partial charge is 0.491 e. The summed E-state index contributed by atoms with van der Waals surface area (Å²) >= 11 is 0. The molecule has 112 valence electrons. The predicted octanol–water partition coefficient (Wildman–Crippen LogP) is 1.27. The molecule has 0 aliphatic heterocycles. The Labute approximate surface area is 119 Å². The smallest absolute Gasteiger partial charge is 0.310 e. The quantitative estimate of drug-likeness (QED) is 0.767. The van der Waals surface area contributed by atoms with E-state index in [1.807, 2.05) is 20.8 Å². The van der Waals surface area contributed by atoms with Gasteiger partial charge in [-0.3, -0.25) is 4.79 Å². The highest BCUT2D eigenvalue weighted by molar-refractivity contribution is 5.73. The number of esters is 1. The first-order chi connectivity index (χ1) is 9.30. The minimum Gasteiger partial charge on any atom is -0.491 e. The Morgan fingerprint density at radius 3 is 2.40 bits per heavy atom. The summed E-state index contributed by atoms with van der Waals surface area (Å²) in [5.41, 5.74) is 5.66. The van der Waals surface area contributed by atoms with Gasteiger partial charge in [0.1, 0.15) is 24.1 Å². The number of aliphatic hydroxyl groups is 1. The molecular formula is C15H23NO4. The van der Waals surface area contributed by atoms with Crippen molar-refractivity contribution in [2.24, 2.45) is 5.73 Å². The fraction of sp³-hybridized carbons (Fsp3) is 0.533. The summed E-state index contributed by atoms with van der Waals surface area (Å²) in [6.07, 6.45) is -0.445. The second-order valence-corrected chi connectivity index (χ2v) is 5.61. The van der Waals surface area contributed by atoms with E-state index in [2.05, 4.69) is 0 Å². The SMILES string of the molecule is CC(C)(C)OC(=O)Cc1ccc(OCC(O)CN)cc1. The van der Waals surface area contributed by atoms with E-state index in [9.17, 15) is 9.90 Å². The van der Waals surface area contributed by atoms with Crippen LogP contribution in [0.15, 0.2) is 24.3 Å². The summed E-state index contributed by atoms with van der Waals surface area (Å²) in [6.45, 7) is 5.83. The molecule has 1 rings (SSSR count). The van der Waals surface area contributed by atoms with Gasteiger partial charge in [-0.1, -0.05) is 12.1 Å². The molecule has 0 aromatic heterocycles. The molecule has 0 fully saturated rings. The van der Waals surface area contributed by atoms with Crippen LogP contribution in [0.2, 0.25) is 0 Å². The van der Waals surface area contributed by atoms with Gasteiger partial charge in [-0.2, -0.15) is 0 Å². The van der Waals surface area contributed by atoms with Crippen molar-refractivity contribution in [3.63, 3.8) is 0 Å². The second kappa shape index (κ2) is 7.26. The van der Waals surface area contributed by atoms with Gasteiger partial charge in [0, 0.05) is 6.54 Å². The normalized spacial score (nSPS) is 12.8. The molecule has 0 saturated heterocycles. The summed E-state index contributed by atoms with van der Waals surface area (Å²) < 4.78 is 10.6. The fourth-order valence-corrected chi connectivity index (χ4v) is 1.51. The van der Waals surface area contributed by atoms with Crippen LogP contribution in [0.25, 0.3) is 0 Å². The van der Waals surface area contributed by atoms with E-state index in [0.29, 0.717) is 5.75 Å². The molecule has 0 amide bonds. The van der Waals surface area contributed by atoms with Crippen LogP contribution < -0.4 is 10.5 Å². The van der Waals surface area contributed by atoms with Crippen molar-refractivity contribution in [1.29, 1.82) is 0 Å². The Morgan fingerprint density at radius 1 is 1.30 bits per heavy atom. The highest BCUT2D eigenvalue weighted by Gasteiger charge is 2.16. The monoisotopic (exact) mass is 281 g/mol.